The molecule has 2 aromatic heterocycles. The Labute approximate surface area is 167 Å². The molecule has 1 unspecified atom stereocenters. The third kappa shape index (κ3) is 2.82. The van der Waals surface area contributed by atoms with Gasteiger partial charge in [-0.05, 0) is 55.2 Å². The Bertz CT molecular complexity index is 1160. The van der Waals surface area contributed by atoms with Gasteiger partial charge in [-0.3, -0.25) is 0 Å². The monoisotopic (exact) mass is 389 g/mol. The lowest BCUT2D eigenvalue weighted by Crippen LogP contribution is -2.10. The number of hydrogen-bond acceptors (Lipinski definition) is 4. The maximum atomic E-state index is 14.6. The van der Waals surface area contributed by atoms with Crippen LogP contribution in [0.15, 0.2) is 60.7 Å². The summed E-state index contributed by atoms with van der Waals surface area (Å²) in [5, 5.41) is 0.651. The van der Waals surface area contributed by atoms with E-state index in [0.29, 0.717) is 10.6 Å². The zero-order valence-corrected chi connectivity index (χ0v) is 16.3. The lowest BCUT2D eigenvalue weighted by atomic mass is 9.92. The average molecular weight is 389 g/mol. The van der Waals surface area contributed by atoms with Gasteiger partial charge < -0.3 is 5.73 Å². The van der Waals surface area contributed by atoms with Gasteiger partial charge in [0.1, 0.15) is 21.2 Å². The minimum atomic E-state index is -0.294. The summed E-state index contributed by atoms with van der Waals surface area (Å²) in [5.41, 5.74) is 10.3. The van der Waals surface area contributed by atoms with E-state index in [2.05, 4.69) is 35.3 Å². The van der Waals surface area contributed by atoms with Gasteiger partial charge in [0.25, 0.3) is 0 Å². The van der Waals surface area contributed by atoms with Crippen molar-refractivity contribution in [2.45, 2.75) is 31.2 Å². The minimum absolute atomic E-state index is 0.0176. The number of aromatic nitrogens is 2. The SMILES string of the molecule is CC(N)c1ccc(-c2nc3ccc(C4(c5ccccc5)CC4)nc3s2)c(F)c1. The Morgan fingerprint density at radius 3 is 2.50 bits per heavy atom. The Hall–Kier alpha value is -2.63. The quantitative estimate of drug-likeness (QED) is 0.494. The van der Waals surface area contributed by atoms with Crippen LogP contribution in [-0.4, -0.2) is 9.97 Å². The van der Waals surface area contributed by atoms with Crippen LogP contribution in [0.5, 0.6) is 0 Å². The first kappa shape index (κ1) is 17.5. The van der Waals surface area contributed by atoms with Crippen molar-refractivity contribution in [1.82, 2.24) is 9.97 Å². The first-order valence-electron chi connectivity index (χ1n) is 9.46. The van der Waals surface area contributed by atoms with E-state index in [1.54, 1.807) is 6.07 Å². The molecule has 0 radical (unpaired) electrons. The molecule has 5 rings (SSSR count). The molecule has 0 aliphatic heterocycles. The van der Waals surface area contributed by atoms with Gasteiger partial charge in [0.2, 0.25) is 0 Å². The lowest BCUT2D eigenvalue weighted by Gasteiger charge is -2.14. The van der Waals surface area contributed by atoms with Crippen molar-refractivity contribution < 1.29 is 4.39 Å². The number of halogens is 1. The van der Waals surface area contributed by atoms with Gasteiger partial charge >= 0.3 is 0 Å². The highest BCUT2D eigenvalue weighted by Crippen LogP contribution is 2.53. The molecule has 4 aromatic rings. The third-order valence-corrected chi connectivity index (χ3v) is 6.57. The summed E-state index contributed by atoms with van der Waals surface area (Å²) in [7, 11) is 0. The van der Waals surface area contributed by atoms with Crippen molar-refractivity contribution in [3.05, 3.63) is 83.3 Å². The molecule has 0 amide bonds. The molecule has 3 nitrogen and oxygen atoms in total. The molecule has 0 saturated heterocycles. The number of pyridine rings is 1. The van der Waals surface area contributed by atoms with E-state index in [0.717, 1.165) is 34.4 Å². The van der Waals surface area contributed by atoms with Gasteiger partial charge in [0.05, 0.1) is 5.69 Å². The molecule has 140 valence electrons. The van der Waals surface area contributed by atoms with Gasteiger partial charge in [-0.25, -0.2) is 14.4 Å². The van der Waals surface area contributed by atoms with Crippen LogP contribution in [0.1, 0.15) is 42.6 Å². The highest BCUT2D eigenvalue weighted by Gasteiger charge is 2.47. The van der Waals surface area contributed by atoms with Crippen molar-refractivity contribution in [2.75, 3.05) is 0 Å². The van der Waals surface area contributed by atoms with Crippen molar-refractivity contribution in [2.24, 2.45) is 5.73 Å². The van der Waals surface area contributed by atoms with Crippen molar-refractivity contribution in [1.29, 1.82) is 0 Å². The maximum Gasteiger partial charge on any atom is 0.144 e. The number of benzene rings is 2. The van der Waals surface area contributed by atoms with Crippen LogP contribution in [0.2, 0.25) is 0 Å². The molecule has 2 heterocycles. The van der Waals surface area contributed by atoms with Crippen LogP contribution in [0.3, 0.4) is 0 Å². The van der Waals surface area contributed by atoms with E-state index in [1.807, 2.05) is 25.1 Å². The summed E-state index contributed by atoms with van der Waals surface area (Å²) in [6, 6.07) is 19.5. The molecule has 2 N–H and O–H groups in total. The molecule has 1 aliphatic rings. The second-order valence-electron chi connectivity index (χ2n) is 7.52. The summed E-state index contributed by atoms with van der Waals surface area (Å²) in [6.45, 7) is 1.85. The maximum absolute atomic E-state index is 14.6. The molecular weight excluding hydrogens is 369 g/mol. The topological polar surface area (TPSA) is 51.8 Å². The standard InChI is InChI=1S/C23H20FN3S/c1-14(25)15-7-8-17(18(24)13-15)21-26-19-9-10-20(27-22(19)28-21)23(11-12-23)16-5-3-2-4-6-16/h2-10,13-14H,11-12,25H2,1H3. The van der Waals surface area contributed by atoms with E-state index in [1.165, 1.54) is 23.0 Å². The number of nitrogens with two attached hydrogens (primary N) is 1. The summed E-state index contributed by atoms with van der Waals surface area (Å²) in [5.74, 6) is -0.294. The Balaban J connectivity index is 1.55. The van der Waals surface area contributed by atoms with Gasteiger partial charge in [0, 0.05) is 17.0 Å². The Kier molecular flexibility index (Phi) is 4.03. The van der Waals surface area contributed by atoms with Crippen LogP contribution < -0.4 is 5.73 Å². The van der Waals surface area contributed by atoms with Gasteiger partial charge in [-0.15, -0.1) is 0 Å². The zero-order chi connectivity index (χ0) is 19.3. The largest absolute Gasteiger partial charge is 0.324 e. The smallest absolute Gasteiger partial charge is 0.144 e. The highest BCUT2D eigenvalue weighted by molar-refractivity contribution is 7.21. The fourth-order valence-corrected chi connectivity index (χ4v) is 4.73. The minimum Gasteiger partial charge on any atom is -0.324 e. The number of hydrogen-bond donors (Lipinski definition) is 1. The van der Waals surface area contributed by atoms with Crippen LogP contribution in [0, 0.1) is 5.82 Å². The van der Waals surface area contributed by atoms with E-state index in [4.69, 9.17) is 10.7 Å². The molecule has 28 heavy (non-hydrogen) atoms. The predicted octanol–water partition coefficient (Wildman–Crippen LogP) is 5.60. The highest BCUT2D eigenvalue weighted by atomic mass is 32.1. The fourth-order valence-electron chi connectivity index (χ4n) is 3.76. The number of nitrogens with zero attached hydrogens (tertiary/aromatic N) is 2. The normalized spacial score (nSPS) is 16.2. The van der Waals surface area contributed by atoms with E-state index in [-0.39, 0.29) is 17.3 Å². The summed E-state index contributed by atoms with van der Waals surface area (Å²) < 4.78 is 14.6. The molecular formula is C23H20FN3S. The third-order valence-electron chi connectivity index (χ3n) is 5.57. The molecule has 1 atom stereocenters. The second kappa shape index (κ2) is 6.47. The number of fused-ring (bicyclic) bond motifs is 1. The van der Waals surface area contributed by atoms with Crippen LogP contribution in [0.25, 0.3) is 20.9 Å². The van der Waals surface area contributed by atoms with Crippen LogP contribution in [0.4, 0.5) is 4.39 Å². The number of rotatable bonds is 4. The second-order valence-corrected chi connectivity index (χ2v) is 8.49. The molecule has 2 aromatic carbocycles. The van der Waals surface area contributed by atoms with Crippen molar-refractivity contribution in [3.63, 3.8) is 0 Å². The van der Waals surface area contributed by atoms with Crippen molar-refractivity contribution >= 4 is 21.7 Å². The molecule has 1 aliphatic carbocycles. The molecule has 0 bridgehead atoms. The zero-order valence-electron chi connectivity index (χ0n) is 15.5. The first-order chi connectivity index (χ1) is 13.6. The van der Waals surface area contributed by atoms with E-state index >= 15 is 0 Å². The van der Waals surface area contributed by atoms with Crippen molar-refractivity contribution in [3.8, 4) is 10.6 Å². The van der Waals surface area contributed by atoms with Crippen LogP contribution in [-0.2, 0) is 5.41 Å². The Morgan fingerprint density at radius 1 is 1.04 bits per heavy atom. The van der Waals surface area contributed by atoms with Gasteiger partial charge in [-0.2, -0.15) is 0 Å². The van der Waals surface area contributed by atoms with E-state index in [9.17, 15) is 4.39 Å². The van der Waals surface area contributed by atoms with Gasteiger partial charge in [0.15, 0.2) is 0 Å². The van der Waals surface area contributed by atoms with E-state index < -0.39 is 0 Å². The first-order valence-corrected chi connectivity index (χ1v) is 10.3. The van der Waals surface area contributed by atoms with Gasteiger partial charge in [-0.1, -0.05) is 47.7 Å². The summed E-state index contributed by atoms with van der Waals surface area (Å²) >= 11 is 1.44. The summed E-state index contributed by atoms with van der Waals surface area (Å²) in [4.78, 5) is 10.4. The lowest BCUT2D eigenvalue weighted by molar-refractivity contribution is 0.626. The fraction of sp³-hybridized carbons (Fsp3) is 0.217. The Morgan fingerprint density at radius 2 is 1.82 bits per heavy atom. The predicted molar refractivity (Wildman–Crippen MR) is 112 cm³/mol. The van der Waals surface area contributed by atoms with Crippen LogP contribution >= 0.6 is 11.3 Å². The molecule has 0 spiro atoms. The molecule has 1 saturated carbocycles. The number of thiazole rings is 1. The molecule has 1 fully saturated rings. The average Bonchev–Trinajstić information content (AvgIpc) is 3.41. The summed E-state index contributed by atoms with van der Waals surface area (Å²) in [6.07, 6.45) is 2.21. The molecule has 5 heteroatoms.